The van der Waals surface area contributed by atoms with Crippen molar-refractivity contribution in [3.05, 3.63) is 51.0 Å². The third kappa shape index (κ3) is 4.03. The standard InChI is InChI=1S/C16H12Cl3NO3S/c17-10-2-1-3-12(15(10)19)20-14(21)7-24-6-9-4-11(18)16-13(5-9)22-8-23-16/h1-5H,6-8H2,(H,20,21). The molecule has 24 heavy (non-hydrogen) atoms. The number of rotatable bonds is 5. The van der Waals surface area contributed by atoms with Crippen LogP contribution in [0, 0.1) is 0 Å². The van der Waals surface area contributed by atoms with Crippen LogP contribution >= 0.6 is 46.6 Å². The van der Waals surface area contributed by atoms with Gasteiger partial charge in [0.25, 0.3) is 0 Å². The molecule has 126 valence electrons. The molecule has 0 spiro atoms. The van der Waals surface area contributed by atoms with Gasteiger partial charge in [0.05, 0.1) is 26.5 Å². The van der Waals surface area contributed by atoms with Crippen LogP contribution < -0.4 is 14.8 Å². The van der Waals surface area contributed by atoms with Crippen molar-refractivity contribution in [1.82, 2.24) is 0 Å². The normalized spacial score (nSPS) is 12.3. The number of ether oxygens (including phenoxy) is 2. The maximum absolute atomic E-state index is 12.0. The van der Waals surface area contributed by atoms with Crippen LogP contribution in [-0.4, -0.2) is 18.5 Å². The number of carbonyl (C=O) groups excluding carboxylic acids is 1. The number of carbonyl (C=O) groups is 1. The molecule has 1 aliphatic rings. The Morgan fingerprint density at radius 3 is 2.83 bits per heavy atom. The van der Waals surface area contributed by atoms with Gasteiger partial charge >= 0.3 is 0 Å². The predicted molar refractivity (Wildman–Crippen MR) is 98.8 cm³/mol. The summed E-state index contributed by atoms with van der Waals surface area (Å²) in [6.45, 7) is 0.175. The first kappa shape index (κ1) is 17.5. The maximum Gasteiger partial charge on any atom is 0.234 e. The minimum atomic E-state index is -0.156. The highest BCUT2D eigenvalue weighted by Crippen LogP contribution is 2.40. The van der Waals surface area contributed by atoms with E-state index in [4.69, 9.17) is 44.3 Å². The lowest BCUT2D eigenvalue weighted by Crippen LogP contribution is -2.14. The third-order valence-corrected chi connectivity index (χ3v) is 5.32. The van der Waals surface area contributed by atoms with E-state index in [0.29, 0.717) is 38.0 Å². The quantitative estimate of drug-likeness (QED) is 0.739. The van der Waals surface area contributed by atoms with Gasteiger partial charge in [-0.2, -0.15) is 0 Å². The highest BCUT2D eigenvalue weighted by molar-refractivity contribution is 7.99. The number of hydrogen-bond acceptors (Lipinski definition) is 4. The van der Waals surface area contributed by atoms with Gasteiger partial charge in [0.15, 0.2) is 11.5 Å². The molecule has 2 aromatic carbocycles. The van der Waals surface area contributed by atoms with E-state index in [1.807, 2.05) is 12.1 Å². The Kier molecular flexibility index (Phi) is 5.66. The van der Waals surface area contributed by atoms with Gasteiger partial charge in [-0.25, -0.2) is 0 Å². The zero-order valence-electron chi connectivity index (χ0n) is 12.3. The Hall–Kier alpha value is -1.27. The number of nitrogens with one attached hydrogen (secondary N) is 1. The fourth-order valence-corrected chi connectivity index (χ4v) is 3.55. The minimum Gasteiger partial charge on any atom is -0.454 e. The van der Waals surface area contributed by atoms with Crippen molar-refractivity contribution in [2.24, 2.45) is 0 Å². The van der Waals surface area contributed by atoms with E-state index in [1.165, 1.54) is 11.8 Å². The molecular weight excluding hydrogens is 393 g/mol. The number of fused-ring (bicyclic) bond motifs is 1. The second-order valence-corrected chi connectivity index (χ2v) is 7.13. The second-order valence-electron chi connectivity index (χ2n) is 4.95. The molecule has 8 heteroatoms. The summed E-state index contributed by atoms with van der Waals surface area (Å²) in [6.07, 6.45) is 0. The minimum absolute atomic E-state index is 0.156. The molecule has 0 saturated carbocycles. The van der Waals surface area contributed by atoms with Crippen LogP contribution in [0.15, 0.2) is 30.3 Å². The van der Waals surface area contributed by atoms with Crippen molar-refractivity contribution in [1.29, 1.82) is 0 Å². The smallest absolute Gasteiger partial charge is 0.234 e. The topological polar surface area (TPSA) is 47.6 Å². The first-order chi connectivity index (χ1) is 11.5. The zero-order valence-corrected chi connectivity index (χ0v) is 15.4. The van der Waals surface area contributed by atoms with Gasteiger partial charge in [0.2, 0.25) is 12.7 Å². The highest BCUT2D eigenvalue weighted by Gasteiger charge is 2.18. The maximum atomic E-state index is 12.0. The lowest BCUT2D eigenvalue weighted by molar-refractivity contribution is -0.113. The molecule has 0 aromatic heterocycles. The molecular formula is C16H12Cl3NO3S. The molecule has 4 nitrogen and oxygen atoms in total. The molecule has 1 amide bonds. The first-order valence-electron chi connectivity index (χ1n) is 6.94. The van der Waals surface area contributed by atoms with Crippen LogP contribution in [0.2, 0.25) is 15.1 Å². The van der Waals surface area contributed by atoms with Crippen LogP contribution in [-0.2, 0) is 10.5 Å². The summed E-state index contributed by atoms with van der Waals surface area (Å²) in [7, 11) is 0. The number of hydrogen-bond donors (Lipinski definition) is 1. The number of anilines is 1. The summed E-state index contributed by atoms with van der Waals surface area (Å²) in [6, 6.07) is 8.78. The van der Waals surface area contributed by atoms with E-state index < -0.39 is 0 Å². The Balaban J connectivity index is 1.54. The van der Waals surface area contributed by atoms with E-state index in [0.717, 1.165) is 5.56 Å². The van der Waals surface area contributed by atoms with Gasteiger partial charge in [0.1, 0.15) is 0 Å². The Labute approximate surface area is 158 Å². The molecule has 0 unspecified atom stereocenters. The van der Waals surface area contributed by atoms with Gasteiger partial charge in [-0.05, 0) is 29.8 Å². The molecule has 1 heterocycles. The largest absolute Gasteiger partial charge is 0.454 e. The second kappa shape index (κ2) is 7.74. The molecule has 3 rings (SSSR count). The van der Waals surface area contributed by atoms with Gasteiger partial charge < -0.3 is 14.8 Å². The molecule has 1 aliphatic heterocycles. The summed E-state index contributed by atoms with van der Waals surface area (Å²) in [5.41, 5.74) is 1.46. The number of amides is 1. The Bertz CT molecular complexity index is 785. The van der Waals surface area contributed by atoms with E-state index in [-0.39, 0.29) is 18.5 Å². The van der Waals surface area contributed by atoms with Crippen LogP contribution in [0.3, 0.4) is 0 Å². The SMILES string of the molecule is O=C(CSCc1cc(Cl)c2c(c1)OCO2)Nc1cccc(Cl)c1Cl. The van der Waals surface area contributed by atoms with E-state index in [9.17, 15) is 4.79 Å². The number of halogens is 3. The first-order valence-corrected chi connectivity index (χ1v) is 9.23. The highest BCUT2D eigenvalue weighted by atomic mass is 35.5. The van der Waals surface area contributed by atoms with Gasteiger partial charge in [-0.15, -0.1) is 11.8 Å². The molecule has 0 radical (unpaired) electrons. The molecule has 0 bridgehead atoms. The molecule has 0 aliphatic carbocycles. The van der Waals surface area contributed by atoms with Crippen LogP contribution in [0.4, 0.5) is 5.69 Å². The van der Waals surface area contributed by atoms with Crippen molar-refractivity contribution in [2.75, 3.05) is 17.9 Å². The predicted octanol–water partition coefficient (Wildman–Crippen LogP) is 5.25. The lowest BCUT2D eigenvalue weighted by Gasteiger charge is -2.08. The molecule has 0 atom stereocenters. The van der Waals surface area contributed by atoms with E-state index >= 15 is 0 Å². The fraction of sp³-hybridized carbons (Fsp3) is 0.188. The lowest BCUT2D eigenvalue weighted by atomic mass is 10.2. The summed E-state index contributed by atoms with van der Waals surface area (Å²) in [5, 5.41) is 3.99. The van der Waals surface area contributed by atoms with Crippen molar-refractivity contribution < 1.29 is 14.3 Å². The summed E-state index contributed by atoms with van der Waals surface area (Å²) in [4.78, 5) is 12.0. The van der Waals surface area contributed by atoms with E-state index in [2.05, 4.69) is 5.32 Å². The summed E-state index contributed by atoms with van der Waals surface area (Å²) >= 11 is 19.6. The van der Waals surface area contributed by atoms with Crippen LogP contribution in [0.25, 0.3) is 0 Å². The van der Waals surface area contributed by atoms with E-state index in [1.54, 1.807) is 18.2 Å². The van der Waals surface area contributed by atoms with Crippen molar-refractivity contribution in [3.63, 3.8) is 0 Å². The number of benzene rings is 2. The Morgan fingerprint density at radius 2 is 2.00 bits per heavy atom. The van der Waals surface area contributed by atoms with Crippen molar-refractivity contribution >= 4 is 58.2 Å². The average molecular weight is 405 g/mol. The Morgan fingerprint density at radius 1 is 1.17 bits per heavy atom. The zero-order chi connectivity index (χ0) is 17.1. The van der Waals surface area contributed by atoms with Crippen molar-refractivity contribution in [3.8, 4) is 11.5 Å². The fourth-order valence-electron chi connectivity index (χ4n) is 2.15. The number of thioether (sulfide) groups is 1. The molecule has 0 saturated heterocycles. The van der Waals surface area contributed by atoms with Gasteiger partial charge in [-0.1, -0.05) is 40.9 Å². The van der Waals surface area contributed by atoms with Crippen molar-refractivity contribution in [2.45, 2.75) is 5.75 Å². The molecule has 2 aromatic rings. The van der Waals surface area contributed by atoms with Crippen LogP contribution in [0.1, 0.15) is 5.56 Å². The average Bonchev–Trinajstić information content (AvgIpc) is 3.01. The third-order valence-electron chi connectivity index (χ3n) is 3.21. The molecule has 0 fully saturated rings. The summed E-state index contributed by atoms with van der Waals surface area (Å²) in [5.74, 6) is 1.94. The van der Waals surface area contributed by atoms with Crippen LogP contribution in [0.5, 0.6) is 11.5 Å². The summed E-state index contributed by atoms with van der Waals surface area (Å²) < 4.78 is 10.6. The molecule has 1 N–H and O–H groups in total. The monoisotopic (exact) mass is 403 g/mol. The van der Waals surface area contributed by atoms with Gasteiger partial charge in [0, 0.05) is 5.75 Å². The van der Waals surface area contributed by atoms with Gasteiger partial charge in [-0.3, -0.25) is 4.79 Å².